The van der Waals surface area contributed by atoms with Crippen molar-refractivity contribution >= 4 is 10.1 Å². The Morgan fingerprint density at radius 1 is 0.567 bits per heavy atom. The van der Waals surface area contributed by atoms with Crippen LogP contribution in [0.1, 0.15) is 0 Å². The van der Waals surface area contributed by atoms with Gasteiger partial charge in [0.15, 0.2) is 0 Å². The fourth-order valence-electron chi connectivity index (χ4n) is 1.47. The fraction of sp³-hybridized carbons (Fsp3) is 1.00. The Hall–Kier alpha value is 0.426. The molecule has 0 aromatic carbocycles. The van der Waals surface area contributed by atoms with Gasteiger partial charge >= 0.3 is 86.9 Å². The first-order valence-electron chi connectivity index (χ1n) is 6.04. The molecule has 30 heavy (non-hydrogen) atoms. The molecule has 0 spiro atoms. The van der Waals surface area contributed by atoms with Crippen molar-refractivity contribution in [2.45, 2.75) is 53.6 Å². The molecule has 2 atom stereocenters. The van der Waals surface area contributed by atoms with Gasteiger partial charge in [0, 0.05) is 0 Å². The second-order valence-electron chi connectivity index (χ2n) is 5.09. The van der Waals surface area contributed by atoms with Gasteiger partial charge in [-0.15, -0.1) is 0 Å². The topological polar surface area (TPSA) is 57.2 Å². The van der Waals surface area contributed by atoms with E-state index in [1.54, 1.807) is 0 Å². The average molecular weight is 534 g/mol. The largest absolute Gasteiger partial charge is 1.00 e. The van der Waals surface area contributed by atoms with Crippen molar-refractivity contribution in [3.8, 4) is 0 Å². The summed E-state index contributed by atoms with van der Waals surface area (Å²) in [5.41, 5.74) is -5.99. The quantitative estimate of drug-likeness (QED) is 0.254. The molecule has 3 nitrogen and oxygen atoms in total. The molecule has 0 aromatic rings. The minimum atomic E-state index is -8.56. The summed E-state index contributed by atoms with van der Waals surface area (Å²) in [6.45, 7) is 0. The van der Waals surface area contributed by atoms with Gasteiger partial charge in [0.25, 0.3) is 11.9 Å². The van der Waals surface area contributed by atoms with E-state index in [1.807, 2.05) is 0 Å². The summed E-state index contributed by atoms with van der Waals surface area (Å²) in [6, 6.07) is 0. The van der Waals surface area contributed by atoms with E-state index >= 15 is 0 Å². The Balaban J connectivity index is 0. The van der Waals surface area contributed by atoms with Crippen LogP contribution in [-0.4, -0.2) is 66.6 Å². The van der Waals surface area contributed by atoms with Crippen molar-refractivity contribution in [3.05, 3.63) is 0 Å². The van der Waals surface area contributed by atoms with E-state index in [0.717, 1.165) is 0 Å². The summed E-state index contributed by atoms with van der Waals surface area (Å²) in [5, 5.41) is 0. The number of halogens is 16. The zero-order valence-electron chi connectivity index (χ0n) is 13.4. The maximum Gasteiger partial charge on any atom is 1.00 e. The van der Waals surface area contributed by atoms with Crippen LogP contribution in [0.2, 0.25) is 0 Å². The van der Waals surface area contributed by atoms with Gasteiger partial charge in [-0.25, -0.2) is 26.0 Å². The van der Waals surface area contributed by atoms with Crippen molar-refractivity contribution in [2.24, 2.45) is 0 Å². The van der Waals surface area contributed by atoms with E-state index in [1.165, 1.54) is 0 Å². The first kappa shape index (κ1) is 32.6. The summed E-state index contributed by atoms with van der Waals surface area (Å²) in [5.74, 6) is -49.0. The molecular formula is C9H3F16KO3S. The second-order valence-corrected chi connectivity index (χ2v) is 6.49. The molecular weight excluding hydrogens is 531 g/mol. The van der Waals surface area contributed by atoms with E-state index < -0.39 is 63.8 Å². The molecule has 0 fully saturated rings. The number of alkyl halides is 16. The van der Waals surface area contributed by atoms with Gasteiger partial charge in [-0.05, 0) is 0 Å². The summed E-state index contributed by atoms with van der Waals surface area (Å²) < 4.78 is 235. The summed E-state index contributed by atoms with van der Waals surface area (Å²) >= 11 is 0. The summed E-state index contributed by atoms with van der Waals surface area (Å²) in [6.07, 6.45) is -11.0. The number of rotatable bonds is 9. The predicted octanol–water partition coefficient (Wildman–Crippen LogP) is 1.25. The zero-order chi connectivity index (χ0) is 24.2. The van der Waals surface area contributed by atoms with Crippen LogP contribution in [0.3, 0.4) is 0 Å². The van der Waals surface area contributed by atoms with Crippen molar-refractivity contribution in [1.29, 1.82) is 0 Å². The monoisotopic (exact) mass is 534 g/mol. The van der Waals surface area contributed by atoms with Gasteiger partial charge in [0.2, 0.25) is 6.17 Å². The van der Waals surface area contributed by atoms with Gasteiger partial charge < -0.3 is 4.55 Å². The first-order valence-corrected chi connectivity index (χ1v) is 7.51. The summed E-state index contributed by atoms with van der Waals surface area (Å²) in [4.78, 5) is 0. The minimum Gasteiger partial charge on any atom is -0.746 e. The molecule has 0 aliphatic carbocycles. The zero-order valence-corrected chi connectivity index (χ0v) is 17.4. The third kappa shape index (κ3) is 4.70. The van der Waals surface area contributed by atoms with Gasteiger partial charge in [-0.2, -0.15) is 52.7 Å². The molecule has 0 saturated carbocycles. The molecule has 0 amide bonds. The summed E-state index contributed by atoms with van der Waals surface area (Å²) in [7, 11) is -7.36. The Labute approximate surface area is 197 Å². The minimum absolute atomic E-state index is 0. The third-order valence-electron chi connectivity index (χ3n) is 3.13. The van der Waals surface area contributed by atoms with E-state index in [9.17, 15) is 83.2 Å². The van der Waals surface area contributed by atoms with Crippen LogP contribution in [0, 0.1) is 0 Å². The van der Waals surface area contributed by atoms with Crippen LogP contribution in [0.25, 0.3) is 0 Å². The number of hydrogen-bond donors (Lipinski definition) is 0. The molecule has 0 N–H and O–H groups in total. The van der Waals surface area contributed by atoms with Crippen LogP contribution in [0.5, 0.6) is 0 Å². The third-order valence-corrected chi connectivity index (χ3v) is 3.93. The molecule has 0 aliphatic rings. The van der Waals surface area contributed by atoms with Gasteiger partial charge in [-0.1, -0.05) is 0 Å². The van der Waals surface area contributed by atoms with Crippen molar-refractivity contribution in [2.75, 3.05) is 0 Å². The van der Waals surface area contributed by atoms with E-state index in [4.69, 9.17) is 0 Å². The maximum atomic E-state index is 13.1. The molecule has 21 heteroatoms. The van der Waals surface area contributed by atoms with Gasteiger partial charge in [0.1, 0.15) is 10.1 Å². The molecule has 0 aliphatic heterocycles. The van der Waals surface area contributed by atoms with Crippen molar-refractivity contribution < 1.29 is 135 Å². The molecule has 0 rings (SSSR count). The average Bonchev–Trinajstić information content (AvgIpc) is 2.51. The molecule has 2 unspecified atom stereocenters. The van der Waals surface area contributed by atoms with E-state index in [2.05, 4.69) is 0 Å². The van der Waals surface area contributed by atoms with Crippen LogP contribution >= 0.6 is 0 Å². The van der Waals surface area contributed by atoms with Crippen LogP contribution < -0.4 is 51.4 Å². The molecule has 0 radical (unpaired) electrons. The van der Waals surface area contributed by atoms with Gasteiger partial charge in [0.05, 0.1) is 0 Å². The fourth-order valence-corrected chi connectivity index (χ4v) is 1.98. The first-order chi connectivity index (χ1) is 12.3. The second kappa shape index (κ2) is 8.99. The van der Waals surface area contributed by atoms with Crippen LogP contribution in [-0.2, 0) is 10.1 Å². The molecule has 0 saturated heterocycles. The van der Waals surface area contributed by atoms with Crippen molar-refractivity contribution in [1.82, 2.24) is 0 Å². The maximum absolute atomic E-state index is 13.1. The molecule has 0 bridgehead atoms. The standard InChI is InChI=1S/C9H4F16O3S.K/c10-1(2(11)12)4(14,15)6(18,19)8(22,23)9(24,25)7(20,21)5(16,17)3(13)29(26,27)28;/h1-3H,(H,26,27,28);/q;+1/p-1. The van der Waals surface area contributed by atoms with Crippen LogP contribution in [0.4, 0.5) is 70.2 Å². The smallest absolute Gasteiger partial charge is 0.746 e. The Bertz CT molecular complexity index is 707. The molecule has 176 valence electrons. The Morgan fingerprint density at radius 3 is 1.07 bits per heavy atom. The molecule has 0 heterocycles. The van der Waals surface area contributed by atoms with Crippen LogP contribution in [0.15, 0.2) is 0 Å². The van der Waals surface area contributed by atoms with E-state index in [0.29, 0.717) is 0 Å². The van der Waals surface area contributed by atoms with E-state index in [-0.39, 0.29) is 51.4 Å². The molecule has 0 aromatic heterocycles. The number of hydrogen-bond acceptors (Lipinski definition) is 3. The van der Waals surface area contributed by atoms with Gasteiger partial charge in [-0.3, -0.25) is 0 Å². The van der Waals surface area contributed by atoms with Crippen molar-refractivity contribution in [3.63, 3.8) is 0 Å². The Morgan fingerprint density at radius 2 is 0.833 bits per heavy atom. The predicted molar refractivity (Wildman–Crippen MR) is 55.2 cm³/mol. The Kier molecular flexibility index (Phi) is 9.77. The normalized spacial score (nSPS) is 17.5. The SMILES string of the molecule is O=S(=O)([O-])C(F)C(F)(F)C(F)(F)C(F)(F)C(F)(F)C(F)(F)C(F)(F)C(F)C(F)F.[K+].